The zero-order chi connectivity index (χ0) is 11.9. The molecule has 0 aliphatic rings. The van der Waals surface area contributed by atoms with E-state index in [2.05, 4.69) is 16.0 Å². The van der Waals surface area contributed by atoms with Crippen LogP contribution >= 0.6 is 23.4 Å². The van der Waals surface area contributed by atoms with Crippen LogP contribution in [-0.2, 0) is 0 Å². The van der Waals surface area contributed by atoms with Crippen molar-refractivity contribution in [3.05, 3.63) is 30.6 Å². The largest absolute Gasteiger partial charge is 0.236 e. The number of hydrogen-bond acceptors (Lipinski definition) is 3. The van der Waals surface area contributed by atoms with Gasteiger partial charge < -0.3 is 0 Å². The highest BCUT2D eigenvalue weighted by molar-refractivity contribution is 7.99. The van der Waals surface area contributed by atoms with Crippen LogP contribution in [0.1, 0.15) is 19.3 Å². The SMILES string of the molecule is ClCCCCCSc1ncnc2ccccc12. The summed E-state index contributed by atoms with van der Waals surface area (Å²) in [5, 5.41) is 2.24. The molecule has 1 aromatic heterocycles. The number of halogens is 1. The molecular weight excluding hydrogens is 252 g/mol. The van der Waals surface area contributed by atoms with Gasteiger partial charge in [-0.05, 0) is 24.7 Å². The quantitative estimate of drug-likeness (QED) is 0.340. The summed E-state index contributed by atoms with van der Waals surface area (Å²) in [6.07, 6.45) is 5.13. The Labute approximate surface area is 111 Å². The smallest absolute Gasteiger partial charge is 0.117 e. The van der Waals surface area contributed by atoms with Crippen LogP contribution in [0.15, 0.2) is 35.6 Å². The Bertz CT molecular complexity index is 470. The van der Waals surface area contributed by atoms with Crippen LogP contribution in [-0.4, -0.2) is 21.6 Å². The first-order chi connectivity index (χ1) is 8.42. The molecule has 0 saturated carbocycles. The van der Waals surface area contributed by atoms with Crippen molar-refractivity contribution >= 4 is 34.3 Å². The zero-order valence-corrected chi connectivity index (χ0v) is 11.2. The van der Waals surface area contributed by atoms with Crippen LogP contribution in [0, 0.1) is 0 Å². The number of unbranched alkanes of at least 4 members (excludes halogenated alkanes) is 2. The van der Waals surface area contributed by atoms with Gasteiger partial charge in [-0.15, -0.1) is 23.4 Å². The van der Waals surface area contributed by atoms with Crippen LogP contribution in [0.25, 0.3) is 10.9 Å². The third-order valence-corrected chi connectivity index (χ3v) is 3.88. The van der Waals surface area contributed by atoms with E-state index in [1.807, 2.05) is 18.2 Å². The van der Waals surface area contributed by atoms with E-state index in [1.54, 1.807) is 18.1 Å². The van der Waals surface area contributed by atoms with E-state index < -0.39 is 0 Å². The van der Waals surface area contributed by atoms with E-state index in [-0.39, 0.29) is 0 Å². The number of thioether (sulfide) groups is 1. The summed E-state index contributed by atoms with van der Waals surface area (Å²) in [4.78, 5) is 8.61. The fourth-order valence-corrected chi connectivity index (χ4v) is 2.82. The van der Waals surface area contributed by atoms with Crippen LogP contribution in [0.5, 0.6) is 0 Å². The summed E-state index contributed by atoms with van der Waals surface area (Å²) in [5.74, 6) is 1.86. The molecule has 2 aromatic rings. The molecule has 0 aliphatic heterocycles. The molecule has 0 amide bonds. The number of nitrogens with zero attached hydrogens (tertiary/aromatic N) is 2. The summed E-state index contributed by atoms with van der Waals surface area (Å²) < 4.78 is 0. The predicted octanol–water partition coefficient (Wildman–Crippen LogP) is 4.13. The highest BCUT2D eigenvalue weighted by Gasteiger charge is 2.02. The van der Waals surface area contributed by atoms with Gasteiger partial charge in [0.2, 0.25) is 0 Å². The Morgan fingerprint density at radius 2 is 1.94 bits per heavy atom. The second-order valence-electron chi connectivity index (χ2n) is 3.79. The Balaban J connectivity index is 1.98. The van der Waals surface area contributed by atoms with Crippen LogP contribution in [0.4, 0.5) is 0 Å². The van der Waals surface area contributed by atoms with Gasteiger partial charge in [0.25, 0.3) is 0 Å². The number of fused-ring (bicyclic) bond motifs is 1. The molecule has 2 rings (SSSR count). The number of rotatable bonds is 6. The molecule has 0 bridgehead atoms. The van der Waals surface area contributed by atoms with Crippen molar-refractivity contribution in [2.45, 2.75) is 24.3 Å². The lowest BCUT2D eigenvalue weighted by atomic mass is 10.2. The average molecular weight is 267 g/mol. The van der Waals surface area contributed by atoms with Crippen molar-refractivity contribution in [2.75, 3.05) is 11.6 Å². The Morgan fingerprint density at radius 3 is 2.82 bits per heavy atom. The van der Waals surface area contributed by atoms with Gasteiger partial charge in [0.05, 0.1) is 5.52 Å². The molecule has 17 heavy (non-hydrogen) atoms. The van der Waals surface area contributed by atoms with Gasteiger partial charge in [-0.1, -0.05) is 24.6 Å². The molecule has 0 N–H and O–H groups in total. The van der Waals surface area contributed by atoms with E-state index in [0.29, 0.717) is 0 Å². The van der Waals surface area contributed by atoms with Crippen LogP contribution in [0.2, 0.25) is 0 Å². The molecule has 0 radical (unpaired) electrons. The zero-order valence-electron chi connectivity index (χ0n) is 9.60. The van der Waals surface area contributed by atoms with E-state index in [9.17, 15) is 0 Å². The molecular formula is C13H15ClN2S. The number of hydrogen-bond donors (Lipinski definition) is 0. The van der Waals surface area contributed by atoms with Gasteiger partial charge in [-0.3, -0.25) is 0 Å². The second kappa shape index (κ2) is 6.82. The third kappa shape index (κ3) is 3.58. The molecule has 0 fully saturated rings. The van der Waals surface area contributed by atoms with Crippen molar-refractivity contribution in [3.8, 4) is 0 Å². The van der Waals surface area contributed by atoms with E-state index in [4.69, 9.17) is 11.6 Å². The Hall–Kier alpha value is -0.800. The van der Waals surface area contributed by atoms with Gasteiger partial charge in [-0.2, -0.15) is 0 Å². The van der Waals surface area contributed by atoms with Gasteiger partial charge in [0.15, 0.2) is 0 Å². The normalized spacial score (nSPS) is 10.9. The molecule has 4 heteroatoms. The first-order valence-electron chi connectivity index (χ1n) is 5.80. The average Bonchev–Trinajstić information content (AvgIpc) is 2.39. The summed E-state index contributed by atoms with van der Waals surface area (Å²) in [5.41, 5.74) is 1.02. The minimum absolute atomic E-state index is 0.765. The maximum atomic E-state index is 5.65. The fourth-order valence-electron chi connectivity index (χ4n) is 1.64. The summed E-state index contributed by atoms with van der Waals surface area (Å²) in [6.45, 7) is 0. The number of benzene rings is 1. The molecule has 0 saturated heterocycles. The fraction of sp³-hybridized carbons (Fsp3) is 0.385. The Morgan fingerprint density at radius 1 is 1.06 bits per heavy atom. The van der Waals surface area contributed by atoms with E-state index >= 15 is 0 Å². The van der Waals surface area contributed by atoms with Crippen molar-refractivity contribution in [1.29, 1.82) is 0 Å². The maximum Gasteiger partial charge on any atom is 0.117 e. The van der Waals surface area contributed by atoms with E-state index in [0.717, 1.165) is 34.0 Å². The second-order valence-corrected chi connectivity index (χ2v) is 5.26. The first kappa shape index (κ1) is 12.7. The highest BCUT2D eigenvalue weighted by Crippen LogP contribution is 2.24. The predicted molar refractivity (Wildman–Crippen MR) is 74.8 cm³/mol. The van der Waals surface area contributed by atoms with Crippen molar-refractivity contribution in [2.24, 2.45) is 0 Å². The van der Waals surface area contributed by atoms with Gasteiger partial charge in [0.1, 0.15) is 11.4 Å². The minimum atomic E-state index is 0.765. The topological polar surface area (TPSA) is 25.8 Å². The van der Waals surface area contributed by atoms with Crippen molar-refractivity contribution in [3.63, 3.8) is 0 Å². The Kier molecular flexibility index (Phi) is 5.08. The monoisotopic (exact) mass is 266 g/mol. The highest BCUT2D eigenvalue weighted by atomic mass is 35.5. The molecule has 0 atom stereocenters. The standard InChI is InChI=1S/C13H15ClN2S/c14-8-4-1-5-9-17-13-11-6-2-3-7-12(11)15-10-16-13/h2-3,6-7,10H,1,4-5,8-9H2. The summed E-state index contributed by atoms with van der Waals surface area (Å²) in [7, 11) is 0. The third-order valence-electron chi connectivity index (χ3n) is 2.52. The van der Waals surface area contributed by atoms with Crippen LogP contribution < -0.4 is 0 Å². The number of alkyl halides is 1. The van der Waals surface area contributed by atoms with Crippen molar-refractivity contribution < 1.29 is 0 Å². The lowest BCUT2D eigenvalue weighted by Crippen LogP contribution is -1.88. The lowest BCUT2D eigenvalue weighted by molar-refractivity contribution is 0.782. The molecule has 0 spiro atoms. The molecule has 2 nitrogen and oxygen atoms in total. The minimum Gasteiger partial charge on any atom is -0.236 e. The molecule has 1 aromatic carbocycles. The maximum absolute atomic E-state index is 5.65. The van der Waals surface area contributed by atoms with Gasteiger partial charge >= 0.3 is 0 Å². The molecule has 0 aliphatic carbocycles. The van der Waals surface area contributed by atoms with E-state index in [1.165, 1.54) is 12.8 Å². The molecule has 1 heterocycles. The summed E-state index contributed by atoms with van der Waals surface area (Å²) >= 11 is 7.45. The van der Waals surface area contributed by atoms with Crippen LogP contribution in [0.3, 0.4) is 0 Å². The lowest BCUT2D eigenvalue weighted by Gasteiger charge is -2.04. The van der Waals surface area contributed by atoms with Gasteiger partial charge in [0, 0.05) is 11.3 Å². The number of aromatic nitrogens is 2. The van der Waals surface area contributed by atoms with Crippen molar-refractivity contribution in [1.82, 2.24) is 9.97 Å². The number of para-hydroxylation sites is 1. The summed E-state index contributed by atoms with van der Waals surface area (Å²) in [6, 6.07) is 8.14. The first-order valence-corrected chi connectivity index (χ1v) is 7.32. The molecule has 0 unspecified atom stereocenters. The van der Waals surface area contributed by atoms with Gasteiger partial charge in [-0.25, -0.2) is 9.97 Å². The molecule has 90 valence electrons.